The van der Waals surface area contributed by atoms with Gasteiger partial charge in [-0.3, -0.25) is 0 Å². The molecule has 0 aliphatic heterocycles. The highest BCUT2D eigenvalue weighted by Crippen LogP contribution is 2.23. The monoisotopic (exact) mass is 272 g/mol. The molecule has 1 aliphatic carbocycles. The minimum Gasteiger partial charge on any atom is -0.0801 e. The van der Waals surface area contributed by atoms with Crippen LogP contribution in [0.25, 0.3) is 5.57 Å². The summed E-state index contributed by atoms with van der Waals surface area (Å²) in [5.41, 5.74) is 4.25. The summed E-state index contributed by atoms with van der Waals surface area (Å²) in [6.45, 7) is 12.8. The first kappa shape index (κ1) is 18.7. The van der Waals surface area contributed by atoms with E-state index in [0.717, 1.165) is 12.3 Å². The van der Waals surface area contributed by atoms with Crippen LogP contribution in [0.5, 0.6) is 0 Å². The van der Waals surface area contributed by atoms with E-state index in [2.05, 4.69) is 70.2 Å². The van der Waals surface area contributed by atoms with Gasteiger partial charge in [0.25, 0.3) is 0 Å². The highest BCUT2D eigenvalue weighted by molar-refractivity contribution is 5.70. The van der Waals surface area contributed by atoms with Gasteiger partial charge >= 0.3 is 0 Å². The second-order valence-corrected chi connectivity index (χ2v) is 5.33. The fraction of sp³-hybridized carbons (Fsp3) is 0.500. The van der Waals surface area contributed by atoms with E-state index < -0.39 is 0 Å². The van der Waals surface area contributed by atoms with Crippen LogP contribution in [0.2, 0.25) is 0 Å². The highest BCUT2D eigenvalue weighted by Gasteiger charge is 2.03. The van der Waals surface area contributed by atoms with Gasteiger partial charge in [0.2, 0.25) is 0 Å². The van der Waals surface area contributed by atoms with E-state index in [4.69, 9.17) is 0 Å². The van der Waals surface area contributed by atoms with E-state index in [1.54, 1.807) is 0 Å². The predicted octanol–water partition coefficient (Wildman–Crippen LogP) is 6.67. The van der Waals surface area contributed by atoms with Crippen molar-refractivity contribution in [2.75, 3.05) is 0 Å². The Bertz CT molecular complexity index is 391. The van der Waals surface area contributed by atoms with E-state index in [1.165, 1.54) is 29.5 Å². The molecule has 0 heteroatoms. The molecule has 0 nitrogen and oxygen atoms in total. The largest absolute Gasteiger partial charge is 0.0801 e. The van der Waals surface area contributed by atoms with Gasteiger partial charge in [-0.15, -0.1) is 0 Å². The Labute approximate surface area is 126 Å². The van der Waals surface area contributed by atoms with Crippen LogP contribution in [-0.4, -0.2) is 0 Å². The van der Waals surface area contributed by atoms with Crippen LogP contribution < -0.4 is 0 Å². The summed E-state index contributed by atoms with van der Waals surface area (Å²) >= 11 is 0. The molecule has 0 bridgehead atoms. The second kappa shape index (κ2) is 11.5. The first-order chi connectivity index (χ1) is 9.67. The van der Waals surface area contributed by atoms with Gasteiger partial charge in [-0.25, -0.2) is 0 Å². The molecule has 0 radical (unpaired) electrons. The van der Waals surface area contributed by atoms with E-state index in [9.17, 15) is 0 Å². The number of hydrogen-bond donors (Lipinski definition) is 0. The van der Waals surface area contributed by atoms with Gasteiger partial charge in [0.15, 0.2) is 0 Å². The molecular formula is C20H32. The minimum absolute atomic E-state index is 0.739. The van der Waals surface area contributed by atoms with Gasteiger partial charge in [-0.1, -0.05) is 90.5 Å². The van der Waals surface area contributed by atoms with Crippen molar-refractivity contribution in [1.82, 2.24) is 0 Å². The fourth-order valence-electron chi connectivity index (χ4n) is 1.99. The van der Waals surface area contributed by atoms with Crippen LogP contribution in [0.3, 0.4) is 0 Å². The van der Waals surface area contributed by atoms with Gasteiger partial charge in [-0.05, 0) is 35.5 Å². The molecule has 0 saturated heterocycles. The molecule has 0 spiro atoms. The molecule has 0 aromatic heterocycles. The van der Waals surface area contributed by atoms with Crippen LogP contribution in [-0.2, 0) is 6.42 Å². The molecule has 0 N–H and O–H groups in total. The van der Waals surface area contributed by atoms with E-state index >= 15 is 0 Å². The molecule has 2 rings (SSSR count). The lowest BCUT2D eigenvalue weighted by Gasteiger charge is -2.07. The molecule has 112 valence electrons. The van der Waals surface area contributed by atoms with Gasteiger partial charge in [0, 0.05) is 0 Å². The maximum atomic E-state index is 2.26. The quantitative estimate of drug-likeness (QED) is 0.576. The van der Waals surface area contributed by atoms with E-state index in [-0.39, 0.29) is 0 Å². The Hall–Kier alpha value is -1.30. The first-order valence-electron chi connectivity index (χ1n) is 8.12. The summed E-state index contributed by atoms with van der Waals surface area (Å²) in [7, 11) is 0. The van der Waals surface area contributed by atoms with Gasteiger partial charge < -0.3 is 0 Å². The average molecular weight is 272 g/mol. The Morgan fingerprint density at radius 2 is 1.55 bits per heavy atom. The first-order valence-corrected chi connectivity index (χ1v) is 8.12. The van der Waals surface area contributed by atoms with Crippen molar-refractivity contribution >= 4 is 5.57 Å². The summed E-state index contributed by atoms with van der Waals surface area (Å²) in [6, 6.07) is 9.01. The lowest BCUT2D eigenvalue weighted by atomic mass is 9.99. The maximum absolute atomic E-state index is 2.26. The Kier molecular flexibility index (Phi) is 10.8. The topological polar surface area (TPSA) is 0 Å². The minimum atomic E-state index is 0.739. The average Bonchev–Trinajstić information content (AvgIpc) is 2.96. The molecule has 1 aromatic carbocycles. The van der Waals surface area contributed by atoms with Crippen LogP contribution in [0, 0.1) is 5.92 Å². The second-order valence-electron chi connectivity index (χ2n) is 5.33. The summed E-state index contributed by atoms with van der Waals surface area (Å²) in [5.74, 6) is 0.739. The maximum Gasteiger partial charge on any atom is -0.00884 e. The Morgan fingerprint density at radius 1 is 1.00 bits per heavy atom. The van der Waals surface area contributed by atoms with Crippen LogP contribution in [0.1, 0.15) is 65.5 Å². The third-order valence-corrected chi connectivity index (χ3v) is 2.74. The van der Waals surface area contributed by atoms with E-state index in [0.29, 0.717) is 0 Å². The molecule has 1 aromatic rings. The smallest absolute Gasteiger partial charge is 0.00884 e. The van der Waals surface area contributed by atoms with Crippen molar-refractivity contribution in [3.63, 3.8) is 0 Å². The number of benzene rings is 1. The lowest BCUT2D eigenvalue weighted by Crippen LogP contribution is -1.93. The van der Waals surface area contributed by atoms with Crippen molar-refractivity contribution in [3.05, 3.63) is 53.6 Å². The molecule has 20 heavy (non-hydrogen) atoms. The number of hydrogen-bond acceptors (Lipinski definition) is 0. The number of rotatable bonds is 3. The van der Waals surface area contributed by atoms with Crippen LogP contribution in [0.4, 0.5) is 0 Å². The number of allylic oxidation sites excluding steroid dienone is 4. The van der Waals surface area contributed by atoms with Gasteiger partial charge in [-0.2, -0.15) is 0 Å². The van der Waals surface area contributed by atoms with Crippen molar-refractivity contribution in [2.24, 2.45) is 5.92 Å². The van der Waals surface area contributed by atoms with Crippen LogP contribution in [0.15, 0.2) is 42.5 Å². The molecule has 0 fully saturated rings. The molecule has 0 atom stereocenters. The van der Waals surface area contributed by atoms with Crippen molar-refractivity contribution in [3.8, 4) is 0 Å². The summed E-state index contributed by atoms with van der Waals surface area (Å²) in [4.78, 5) is 0. The molecule has 0 unspecified atom stereocenters. The SMILES string of the molecule is CC.CC(C)Cc1ccc(C2=CC=CC2)cc1.CCC. The van der Waals surface area contributed by atoms with E-state index in [1.807, 2.05) is 13.8 Å². The molecule has 0 amide bonds. The van der Waals surface area contributed by atoms with Crippen LogP contribution >= 0.6 is 0 Å². The summed E-state index contributed by atoms with van der Waals surface area (Å²) in [5, 5.41) is 0. The zero-order chi connectivity index (χ0) is 15.4. The molecule has 1 aliphatic rings. The molecule has 0 heterocycles. The van der Waals surface area contributed by atoms with Crippen molar-refractivity contribution in [2.45, 2.75) is 60.8 Å². The predicted molar refractivity (Wildman–Crippen MR) is 94.0 cm³/mol. The summed E-state index contributed by atoms with van der Waals surface area (Å²) in [6.07, 6.45) is 10.1. The van der Waals surface area contributed by atoms with Crippen molar-refractivity contribution in [1.29, 1.82) is 0 Å². The van der Waals surface area contributed by atoms with Gasteiger partial charge in [0.05, 0.1) is 0 Å². The standard InChI is InChI=1S/C15H18.C3H8.C2H6/c1-12(2)11-13-7-9-15(10-8-13)14-5-3-4-6-14;1-3-2;1-2/h3-5,7-10,12H,6,11H2,1-2H3;3H2,1-2H3;1-2H3. The fourth-order valence-corrected chi connectivity index (χ4v) is 1.99. The zero-order valence-electron chi connectivity index (χ0n) is 14.2. The third kappa shape index (κ3) is 7.33. The Morgan fingerprint density at radius 3 is 1.95 bits per heavy atom. The lowest BCUT2D eigenvalue weighted by molar-refractivity contribution is 0.647. The van der Waals surface area contributed by atoms with Crippen molar-refractivity contribution < 1.29 is 0 Å². The normalized spacial score (nSPS) is 12.2. The highest BCUT2D eigenvalue weighted by atomic mass is 14.1. The third-order valence-electron chi connectivity index (χ3n) is 2.74. The zero-order valence-corrected chi connectivity index (χ0v) is 14.2. The van der Waals surface area contributed by atoms with Gasteiger partial charge in [0.1, 0.15) is 0 Å². The Balaban J connectivity index is 0.000000641. The molecular weight excluding hydrogens is 240 g/mol. The summed E-state index contributed by atoms with van der Waals surface area (Å²) < 4.78 is 0. The molecule has 0 saturated carbocycles.